The van der Waals surface area contributed by atoms with E-state index in [1.165, 1.54) is 0 Å². The Morgan fingerprint density at radius 3 is 2.27 bits per heavy atom. The predicted molar refractivity (Wildman–Crippen MR) is 35.9 cm³/mol. The Morgan fingerprint density at radius 1 is 1.18 bits per heavy atom. The van der Waals surface area contributed by atoms with Gasteiger partial charge in [-0.2, -0.15) is 0 Å². The van der Waals surface area contributed by atoms with Crippen LogP contribution >= 0.6 is 0 Å². The fourth-order valence-corrected chi connectivity index (χ4v) is 2.29. The van der Waals surface area contributed by atoms with Gasteiger partial charge in [0.2, 0.25) is 0 Å². The Labute approximate surface area is 64.0 Å². The van der Waals surface area contributed by atoms with Crippen LogP contribution in [0.2, 0.25) is 0 Å². The summed E-state index contributed by atoms with van der Waals surface area (Å²) in [6.45, 7) is 0. The first kappa shape index (κ1) is 5.63. The Hall–Kier alpha value is -0.990. The van der Waals surface area contributed by atoms with E-state index in [2.05, 4.69) is 12.2 Å². The summed E-state index contributed by atoms with van der Waals surface area (Å²) < 4.78 is 10.0. The third kappa shape index (κ3) is 0.564. The molecule has 2 aliphatic carbocycles. The number of carbonyl (C=O) groups is 1. The maximum absolute atomic E-state index is 10.7. The zero-order valence-electron chi connectivity index (χ0n) is 5.90. The van der Waals surface area contributed by atoms with E-state index in [1.807, 2.05) is 0 Å². The van der Waals surface area contributed by atoms with Crippen LogP contribution < -0.4 is 0 Å². The number of carbonyl (C=O) groups excluding carboxylic acids is 1. The van der Waals surface area contributed by atoms with Crippen LogP contribution in [0.1, 0.15) is 6.42 Å². The summed E-state index contributed by atoms with van der Waals surface area (Å²) in [5.41, 5.74) is 0. The molecule has 1 saturated carbocycles. The molecule has 0 aromatic heterocycles. The summed E-state index contributed by atoms with van der Waals surface area (Å²) in [7, 11) is 0. The lowest BCUT2D eigenvalue weighted by molar-refractivity contribution is 0.102. The van der Waals surface area contributed by atoms with Crippen LogP contribution in [-0.2, 0) is 9.47 Å². The topological polar surface area (TPSA) is 35.5 Å². The maximum atomic E-state index is 10.7. The molecule has 2 bridgehead atoms. The SMILES string of the molecule is O=C1O[C@@H]2[C@H](O1)[C@@H]1C=C[C@H]2C1. The van der Waals surface area contributed by atoms with Crippen molar-refractivity contribution in [2.45, 2.75) is 18.6 Å². The highest BCUT2D eigenvalue weighted by molar-refractivity contribution is 5.63. The van der Waals surface area contributed by atoms with Crippen molar-refractivity contribution in [2.75, 3.05) is 0 Å². The molecule has 0 amide bonds. The average molecular weight is 152 g/mol. The van der Waals surface area contributed by atoms with Gasteiger partial charge in [-0.1, -0.05) is 12.2 Å². The highest BCUT2D eigenvalue weighted by Gasteiger charge is 2.53. The number of fused-ring (bicyclic) bond motifs is 5. The molecule has 11 heavy (non-hydrogen) atoms. The standard InChI is InChI=1S/C8H8O3/c9-8-10-6-4-1-2-5(3-4)7(6)11-8/h1-2,4-7H,3H2/t4-,5+,6-,7+. The second-order valence-electron chi connectivity index (χ2n) is 3.36. The molecule has 1 saturated heterocycles. The van der Waals surface area contributed by atoms with Gasteiger partial charge in [0.1, 0.15) is 12.2 Å². The Morgan fingerprint density at radius 2 is 1.73 bits per heavy atom. The Balaban J connectivity index is 1.97. The molecule has 3 rings (SSSR count). The van der Waals surface area contributed by atoms with Crippen LogP contribution in [0, 0.1) is 11.8 Å². The third-order valence-electron chi connectivity index (χ3n) is 2.78. The van der Waals surface area contributed by atoms with Gasteiger partial charge in [0.25, 0.3) is 0 Å². The van der Waals surface area contributed by atoms with E-state index in [9.17, 15) is 4.79 Å². The summed E-state index contributed by atoms with van der Waals surface area (Å²) in [6, 6.07) is 0. The molecule has 0 aromatic rings. The molecule has 58 valence electrons. The normalized spacial score (nSPS) is 50.7. The van der Waals surface area contributed by atoms with Gasteiger partial charge in [-0.25, -0.2) is 4.79 Å². The summed E-state index contributed by atoms with van der Waals surface area (Å²) in [4.78, 5) is 10.7. The fraction of sp³-hybridized carbons (Fsp3) is 0.625. The molecule has 1 aliphatic heterocycles. The lowest BCUT2D eigenvalue weighted by atomic mass is 10.0. The van der Waals surface area contributed by atoms with E-state index < -0.39 is 6.16 Å². The molecule has 3 heteroatoms. The van der Waals surface area contributed by atoms with Crippen LogP contribution in [0.5, 0.6) is 0 Å². The van der Waals surface area contributed by atoms with Crippen molar-refractivity contribution in [1.82, 2.24) is 0 Å². The van der Waals surface area contributed by atoms with E-state index >= 15 is 0 Å². The molecule has 0 N–H and O–H groups in total. The van der Waals surface area contributed by atoms with Gasteiger partial charge >= 0.3 is 6.16 Å². The van der Waals surface area contributed by atoms with Crippen LogP contribution in [0.15, 0.2) is 12.2 Å². The third-order valence-corrected chi connectivity index (χ3v) is 2.78. The average Bonchev–Trinajstić information content (AvgIpc) is 2.53. The van der Waals surface area contributed by atoms with Crippen molar-refractivity contribution in [3.8, 4) is 0 Å². The summed E-state index contributed by atoms with van der Waals surface area (Å²) in [6.07, 6.45) is 4.93. The molecule has 0 radical (unpaired) electrons. The minimum Gasteiger partial charge on any atom is -0.426 e. The molecule has 3 nitrogen and oxygen atoms in total. The van der Waals surface area contributed by atoms with Gasteiger partial charge in [0.05, 0.1) is 0 Å². The van der Waals surface area contributed by atoms with E-state index in [1.54, 1.807) is 0 Å². The zero-order valence-corrected chi connectivity index (χ0v) is 5.90. The molecule has 0 spiro atoms. The van der Waals surface area contributed by atoms with Gasteiger partial charge in [-0.3, -0.25) is 0 Å². The Bertz CT molecular complexity index is 224. The number of rotatable bonds is 0. The highest BCUT2D eigenvalue weighted by atomic mass is 16.8. The van der Waals surface area contributed by atoms with Crippen molar-refractivity contribution >= 4 is 6.16 Å². The summed E-state index contributed by atoms with van der Waals surface area (Å²) in [5.74, 6) is 0.855. The number of hydrogen-bond acceptors (Lipinski definition) is 3. The quantitative estimate of drug-likeness (QED) is 0.385. The van der Waals surface area contributed by atoms with Gasteiger partial charge < -0.3 is 9.47 Å². The molecule has 3 aliphatic rings. The highest BCUT2D eigenvalue weighted by Crippen LogP contribution is 2.45. The monoisotopic (exact) mass is 152 g/mol. The smallest absolute Gasteiger partial charge is 0.426 e. The fourth-order valence-electron chi connectivity index (χ4n) is 2.29. The Kier molecular flexibility index (Phi) is 0.819. The van der Waals surface area contributed by atoms with Crippen molar-refractivity contribution < 1.29 is 14.3 Å². The second-order valence-corrected chi connectivity index (χ2v) is 3.36. The van der Waals surface area contributed by atoms with Crippen LogP contribution in [-0.4, -0.2) is 18.4 Å². The second kappa shape index (κ2) is 1.60. The van der Waals surface area contributed by atoms with Crippen molar-refractivity contribution in [2.24, 2.45) is 11.8 Å². The molecular formula is C8H8O3. The molecule has 0 unspecified atom stereocenters. The molecule has 1 heterocycles. The molecular weight excluding hydrogens is 144 g/mol. The van der Waals surface area contributed by atoms with Gasteiger partial charge in [-0.05, 0) is 6.42 Å². The van der Waals surface area contributed by atoms with E-state index in [0.717, 1.165) is 6.42 Å². The van der Waals surface area contributed by atoms with Crippen LogP contribution in [0.3, 0.4) is 0 Å². The number of hydrogen-bond donors (Lipinski definition) is 0. The molecule has 2 fully saturated rings. The van der Waals surface area contributed by atoms with E-state index in [0.29, 0.717) is 11.8 Å². The molecule has 0 aromatic carbocycles. The first-order valence-electron chi connectivity index (χ1n) is 3.90. The minimum absolute atomic E-state index is 0.0255. The number of ether oxygens (including phenoxy) is 2. The predicted octanol–water partition coefficient (Wildman–Crippen LogP) is 1.10. The van der Waals surface area contributed by atoms with Gasteiger partial charge in [0, 0.05) is 11.8 Å². The summed E-state index contributed by atoms with van der Waals surface area (Å²) >= 11 is 0. The van der Waals surface area contributed by atoms with Crippen LogP contribution in [0.25, 0.3) is 0 Å². The maximum Gasteiger partial charge on any atom is 0.509 e. The lowest BCUT2D eigenvalue weighted by Gasteiger charge is -2.14. The van der Waals surface area contributed by atoms with Crippen molar-refractivity contribution in [3.05, 3.63) is 12.2 Å². The van der Waals surface area contributed by atoms with E-state index in [4.69, 9.17) is 9.47 Å². The first-order valence-corrected chi connectivity index (χ1v) is 3.90. The largest absolute Gasteiger partial charge is 0.509 e. The summed E-state index contributed by atoms with van der Waals surface area (Å²) in [5, 5.41) is 0. The van der Waals surface area contributed by atoms with Crippen molar-refractivity contribution in [1.29, 1.82) is 0 Å². The van der Waals surface area contributed by atoms with Gasteiger partial charge in [-0.15, -0.1) is 0 Å². The minimum atomic E-state index is -0.488. The van der Waals surface area contributed by atoms with Gasteiger partial charge in [0.15, 0.2) is 0 Å². The lowest BCUT2D eigenvalue weighted by Crippen LogP contribution is -2.26. The molecule has 4 atom stereocenters. The van der Waals surface area contributed by atoms with Crippen molar-refractivity contribution in [3.63, 3.8) is 0 Å². The zero-order chi connectivity index (χ0) is 7.42. The van der Waals surface area contributed by atoms with E-state index in [-0.39, 0.29) is 12.2 Å². The first-order chi connectivity index (χ1) is 5.34. The van der Waals surface area contributed by atoms with Crippen LogP contribution in [0.4, 0.5) is 4.79 Å².